The zero-order valence-electron chi connectivity index (χ0n) is 32.4. The number of amides is 2. The summed E-state index contributed by atoms with van der Waals surface area (Å²) >= 11 is 0. The van der Waals surface area contributed by atoms with Gasteiger partial charge in [0.1, 0.15) is 79.2 Å². The first kappa shape index (κ1) is 49.8. The molecule has 0 aromatic rings. The highest BCUT2D eigenvalue weighted by Crippen LogP contribution is 2.34. The number of aliphatic hydroxyl groups excluding tert-OH is 7. The average molecular weight is 873 g/mol. The molecule has 0 bridgehead atoms. The number of carboxylic acids is 2. The van der Waals surface area contributed by atoms with Gasteiger partial charge in [-0.25, -0.2) is 9.59 Å². The summed E-state index contributed by atoms with van der Waals surface area (Å²) in [6, 6.07) is -5.47. The van der Waals surface area contributed by atoms with Crippen LogP contribution in [-0.4, -0.2) is 218 Å². The fraction of sp³-hybridized carbons (Fsp3) is 0.879. The van der Waals surface area contributed by atoms with Crippen LogP contribution in [0, 0.1) is 0 Å². The Bertz CT molecular complexity index is 1400. The van der Waals surface area contributed by atoms with E-state index in [-0.39, 0.29) is 31.3 Å². The number of aliphatic hydroxyl groups is 7. The number of hydrogen-bond donors (Lipinski definition) is 17. The largest absolute Gasteiger partial charge is 0.480 e. The van der Waals surface area contributed by atoms with Gasteiger partial charge in [0.15, 0.2) is 18.9 Å². The van der Waals surface area contributed by atoms with Crippen molar-refractivity contribution in [3.05, 3.63) is 0 Å². The second-order valence-electron chi connectivity index (χ2n) is 15.2. The van der Waals surface area contributed by atoms with E-state index in [1.807, 2.05) is 0 Å². The van der Waals surface area contributed by atoms with Gasteiger partial charge >= 0.3 is 11.9 Å². The summed E-state index contributed by atoms with van der Waals surface area (Å²) in [6.45, 7) is -0.967. The Balaban J connectivity index is 0.000000359. The van der Waals surface area contributed by atoms with Crippen LogP contribution in [0.4, 0.5) is 0 Å². The fourth-order valence-corrected chi connectivity index (χ4v) is 7.34. The topological polar surface area (TPSA) is 486 Å². The summed E-state index contributed by atoms with van der Waals surface area (Å²) < 4.78 is 34.6. The van der Waals surface area contributed by atoms with E-state index < -0.39 is 147 Å². The van der Waals surface area contributed by atoms with Crippen molar-refractivity contribution in [3.8, 4) is 0 Å². The maximum absolute atomic E-state index is 11.1. The van der Waals surface area contributed by atoms with Crippen LogP contribution in [0.1, 0.15) is 32.1 Å². The molecule has 27 nitrogen and oxygen atoms in total. The summed E-state index contributed by atoms with van der Waals surface area (Å²) in [4.78, 5) is 41.0. The molecule has 2 amide bonds. The second-order valence-corrected chi connectivity index (χ2v) is 15.2. The lowest BCUT2D eigenvalue weighted by atomic mass is 9.84. The normalized spacial score (nSPS) is 45.4. The number of ether oxygens (including phenoxy) is 6. The molecule has 6 aliphatic rings. The number of nitrogens with two attached hydrogens (primary N) is 6. The monoisotopic (exact) mass is 872 g/mol. The summed E-state index contributed by atoms with van der Waals surface area (Å²) in [5.41, 5.74) is 35.6. The lowest BCUT2D eigenvalue weighted by Crippen LogP contribution is -2.68. The van der Waals surface area contributed by atoms with E-state index in [0.717, 1.165) is 0 Å². The molecular weight excluding hydrogens is 812 g/mol. The van der Waals surface area contributed by atoms with Crippen LogP contribution in [-0.2, 0) is 47.6 Å². The van der Waals surface area contributed by atoms with Gasteiger partial charge in [-0.1, -0.05) is 0 Å². The number of carbonyl (C=O) groups excluding carboxylic acids is 2. The van der Waals surface area contributed by atoms with Gasteiger partial charge in [0, 0.05) is 38.0 Å². The van der Waals surface area contributed by atoms with Crippen molar-refractivity contribution in [2.24, 2.45) is 34.4 Å². The maximum atomic E-state index is 11.1. The summed E-state index contributed by atoms with van der Waals surface area (Å²) in [5.74, 6) is -2.22. The molecule has 60 heavy (non-hydrogen) atoms. The Hall–Kier alpha value is -2.88. The van der Waals surface area contributed by atoms with Gasteiger partial charge in [-0.2, -0.15) is 0 Å². The van der Waals surface area contributed by atoms with E-state index >= 15 is 0 Å². The van der Waals surface area contributed by atoms with Gasteiger partial charge in [-0.3, -0.25) is 9.59 Å². The van der Waals surface area contributed by atoms with Crippen LogP contribution < -0.4 is 45.0 Å². The van der Waals surface area contributed by atoms with Gasteiger partial charge in [-0.05, 0) is 19.3 Å². The number of hydrogen-bond acceptors (Lipinski definition) is 23. The van der Waals surface area contributed by atoms with Crippen molar-refractivity contribution >= 4 is 23.8 Å². The minimum absolute atomic E-state index is 0.0889. The van der Waals surface area contributed by atoms with Gasteiger partial charge in [0.25, 0.3) is 0 Å². The summed E-state index contributed by atoms with van der Waals surface area (Å²) in [7, 11) is 0. The van der Waals surface area contributed by atoms with Crippen LogP contribution in [0.15, 0.2) is 0 Å². The number of carbonyl (C=O) groups is 4. The molecule has 1 saturated carbocycles. The predicted molar refractivity (Wildman–Crippen MR) is 196 cm³/mol. The minimum Gasteiger partial charge on any atom is -0.480 e. The SMILES string of the molecule is NC[C@@H]1O[C@H](O[C@H]2[C@@H](O)[C@H](O[C@@H]3[C@@H](O)[C@H](N)C[C@H](N)[C@H]3O[C@H]3O[C@H](CN)[C@@H](O)[C@H](O)[C@H]3N)O[C@@H]2CO)[C@H](N)[C@@H](O)[C@@H]1O.O=C1CC[C@@H](C(=O)O)N1.O=C1CC[C@@H](C(=O)O)N1. The van der Waals surface area contributed by atoms with Crippen molar-refractivity contribution in [2.45, 2.75) is 160 Å². The van der Waals surface area contributed by atoms with Crippen molar-refractivity contribution in [3.63, 3.8) is 0 Å². The van der Waals surface area contributed by atoms with Gasteiger partial charge in [0.05, 0.1) is 24.8 Å². The van der Waals surface area contributed by atoms with E-state index in [4.69, 9.17) is 73.0 Å². The molecule has 1 aliphatic carbocycles. The molecule has 0 spiro atoms. The number of carboxylic acid groups (broad SMARTS) is 2. The quantitative estimate of drug-likeness (QED) is 0.0916. The first-order valence-electron chi connectivity index (χ1n) is 19.3. The minimum atomic E-state index is -1.60. The Morgan fingerprint density at radius 3 is 1.37 bits per heavy atom. The van der Waals surface area contributed by atoms with Crippen molar-refractivity contribution in [2.75, 3.05) is 19.7 Å². The first-order valence-corrected chi connectivity index (χ1v) is 19.3. The van der Waals surface area contributed by atoms with Crippen molar-refractivity contribution < 1.29 is 93.6 Å². The third-order valence-corrected chi connectivity index (χ3v) is 11.0. The molecule has 5 aliphatic heterocycles. The average Bonchev–Trinajstić information content (AvgIpc) is 3.94. The molecule has 21 atom stereocenters. The molecule has 23 N–H and O–H groups in total. The number of aliphatic carboxylic acids is 2. The highest BCUT2D eigenvalue weighted by molar-refractivity contribution is 5.87. The first-order chi connectivity index (χ1) is 28.2. The Kier molecular flexibility index (Phi) is 18.2. The third kappa shape index (κ3) is 11.8. The van der Waals surface area contributed by atoms with E-state index in [0.29, 0.717) is 25.7 Å². The molecule has 5 saturated heterocycles. The summed E-state index contributed by atoms with van der Waals surface area (Å²) in [6.07, 6.45) is -18.2. The maximum Gasteiger partial charge on any atom is 0.326 e. The number of rotatable bonds is 11. The smallest absolute Gasteiger partial charge is 0.326 e. The molecule has 5 heterocycles. The van der Waals surface area contributed by atoms with Crippen LogP contribution in [0.2, 0.25) is 0 Å². The highest BCUT2D eigenvalue weighted by atomic mass is 16.8. The van der Waals surface area contributed by atoms with Gasteiger partial charge < -0.3 is 119 Å². The molecule has 6 fully saturated rings. The lowest BCUT2D eigenvalue weighted by Gasteiger charge is -2.47. The van der Waals surface area contributed by atoms with Crippen LogP contribution >= 0.6 is 0 Å². The molecule has 0 radical (unpaired) electrons. The van der Waals surface area contributed by atoms with Crippen molar-refractivity contribution in [1.29, 1.82) is 0 Å². The highest BCUT2D eigenvalue weighted by Gasteiger charge is 2.54. The van der Waals surface area contributed by atoms with E-state index in [1.165, 1.54) is 0 Å². The Morgan fingerprint density at radius 1 is 0.583 bits per heavy atom. The molecule has 0 aromatic carbocycles. The van der Waals surface area contributed by atoms with Crippen LogP contribution in [0.5, 0.6) is 0 Å². The zero-order valence-corrected chi connectivity index (χ0v) is 32.4. The summed E-state index contributed by atoms with van der Waals surface area (Å²) in [5, 5.41) is 94.2. The number of nitrogens with one attached hydrogen (secondary N) is 2. The molecule has 27 heteroatoms. The van der Waals surface area contributed by atoms with E-state index in [1.54, 1.807) is 0 Å². The molecule has 346 valence electrons. The van der Waals surface area contributed by atoms with Crippen LogP contribution in [0.25, 0.3) is 0 Å². The van der Waals surface area contributed by atoms with E-state index in [9.17, 15) is 54.9 Å². The molecular formula is C33H60N8O19. The molecule has 0 unspecified atom stereocenters. The zero-order chi connectivity index (χ0) is 44.7. The standard InChI is InChI=1S/C23H46N6O13.2C5H7NO3/c24-2-7-13(32)15(34)10(28)21(37-7)40-18-6(27)1-5(26)12(31)20(18)42-23-17(36)19(9(4-30)39-23)41-22-11(29)16(35)14(33)8(3-25)38-22;2*7-4-2-1-3(6-4)5(8)9/h5-23,30-36H,1-4,24-29H2;2*3H,1-2H2,(H,6,7)(H,8,9)/t5-,6+,7-,8+,9-,10-,11-,12+,13-,14-,15-,16-,17-,18-,19-,20-,21-,22-,23+;2*3-/m100/s1. The lowest BCUT2D eigenvalue weighted by molar-refractivity contribution is -0.306. The second kappa shape index (κ2) is 22.0. The van der Waals surface area contributed by atoms with Crippen LogP contribution in [0.3, 0.4) is 0 Å². The predicted octanol–water partition coefficient (Wildman–Crippen LogP) is -10.2. The van der Waals surface area contributed by atoms with Gasteiger partial charge in [-0.15, -0.1) is 0 Å². The molecule has 6 rings (SSSR count). The fourth-order valence-electron chi connectivity index (χ4n) is 7.34. The Morgan fingerprint density at radius 2 is 1.00 bits per heavy atom. The van der Waals surface area contributed by atoms with E-state index in [2.05, 4.69) is 10.6 Å². The Labute approximate surface area is 342 Å². The van der Waals surface area contributed by atoms with Gasteiger partial charge in [0.2, 0.25) is 11.8 Å². The molecule has 0 aromatic heterocycles. The van der Waals surface area contributed by atoms with Crippen molar-refractivity contribution in [1.82, 2.24) is 10.6 Å². The third-order valence-electron chi connectivity index (χ3n) is 11.0.